The minimum Gasteiger partial charge on any atom is -0.427 e. The first kappa shape index (κ1) is 20.3. The Balaban J connectivity index is 1.68. The smallest absolute Gasteiger partial charge is 0.349 e. The summed E-state index contributed by atoms with van der Waals surface area (Å²) in [5.41, 5.74) is 0.101. The molecule has 2 aliphatic rings. The fourth-order valence-electron chi connectivity index (χ4n) is 4.23. The number of rotatable bonds is 3. The van der Waals surface area contributed by atoms with Crippen LogP contribution < -0.4 is 16.3 Å². The number of hydrogen-bond donors (Lipinski definition) is 2. The molecule has 0 aliphatic carbocycles. The molecule has 7 nitrogen and oxygen atoms in total. The number of aryl methyl sites for hydroxylation is 1. The zero-order valence-electron chi connectivity index (χ0n) is 16.7. The van der Waals surface area contributed by atoms with E-state index in [1.807, 2.05) is 0 Å². The summed E-state index contributed by atoms with van der Waals surface area (Å²) in [6, 6.07) is 6.33. The molecule has 158 valence electrons. The van der Waals surface area contributed by atoms with Gasteiger partial charge in [0.1, 0.15) is 23.2 Å². The molecule has 3 heterocycles. The number of benzene rings is 1. The fraction of sp³-hybridized carbons (Fsp3) is 0.409. The average molecular weight is 413 g/mol. The second kappa shape index (κ2) is 8.39. The van der Waals surface area contributed by atoms with Gasteiger partial charge in [-0.05, 0) is 62.2 Å². The molecule has 2 aliphatic heterocycles. The van der Waals surface area contributed by atoms with Crippen molar-refractivity contribution < 1.29 is 18.4 Å². The van der Waals surface area contributed by atoms with E-state index < -0.39 is 29.3 Å². The predicted octanol–water partition coefficient (Wildman–Crippen LogP) is 1.87. The number of halogens is 1. The van der Waals surface area contributed by atoms with Gasteiger partial charge >= 0.3 is 5.63 Å². The number of piperidine rings is 1. The zero-order chi connectivity index (χ0) is 21.3. The average Bonchev–Trinajstić information content (AvgIpc) is 2.73. The second-order valence-corrected chi connectivity index (χ2v) is 7.77. The van der Waals surface area contributed by atoms with Crippen molar-refractivity contribution in [1.82, 2.24) is 15.5 Å². The molecule has 1 unspecified atom stereocenters. The molecule has 1 atom stereocenters. The van der Waals surface area contributed by atoms with Crippen LogP contribution in [0.3, 0.4) is 0 Å². The largest absolute Gasteiger partial charge is 0.427 e. The highest BCUT2D eigenvalue weighted by atomic mass is 19.1. The third kappa shape index (κ3) is 3.87. The van der Waals surface area contributed by atoms with E-state index in [2.05, 4.69) is 10.6 Å². The third-order valence-corrected chi connectivity index (χ3v) is 5.76. The van der Waals surface area contributed by atoms with Gasteiger partial charge in [0.05, 0.1) is 0 Å². The molecule has 1 aromatic carbocycles. The molecule has 30 heavy (non-hydrogen) atoms. The van der Waals surface area contributed by atoms with E-state index in [4.69, 9.17) is 4.42 Å². The van der Waals surface area contributed by atoms with Gasteiger partial charge in [0.2, 0.25) is 5.91 Å². The molecule has 1 aromatic heterocycles. The van der Waals surface area contributed by atoms with Crippen LogP contribution in [0.2, 0.25) is 0 Å². The van der Waals surface area contributed by atoms with Crippen LogP contribution in [0.5, 0.6) is 0 Å². The molecule has 2 fully saturated rings. The van der Waals surface area contributed by atoms with Crippen molar-refractivity contribution in [2.45, 2.75) is 31.7 Å². The molecule has 0 radical (unpaired) electrons. The number of nitrogens with zero attached hydrogens (tertiary/aromatic N) is 1. The van der Waals surface area contributed by atoms with E-state index in [0.717, 1.165) is 25.9 Å². The normalized spacial score (nSPS) is 20.1. The number of carbonyl (C=O) groups excluding carboxylic acids is 2. The molecule has 4 rings (SSSR count). The van der Waals surface area contributed by atoms with Crippen molar-refractivity contribution in [1.29, 1.82) is 0 Å². The summed E-state index contributed by atoms with van der Waals surface area (Å²) in [6.07, 6.45) is 1.73. The Labute approximate surface area is 173 Å². The Morgan fingerprint density at radius 2 is 1.93 bits per heavy atom. The summed E-state index contributed by atoms with van der Waals surface area (Å²) in [7, 11) is 0. The molecular formula is C22H24FN3O4. The van der Waals surface area contributed by atoms with Crippen LogP contribution in [0, 0.1) is 12.7 Å². The maximum atomic E-state index is 13.7. The highest BCUT2D eigenvalue weighted by molar-refractivity contribution is 5.99. The van der Waals surface area contributed by atoms with Crippen LogP contribution in [0.15, 0.2) is 39.5 Å². The Morgan fingerprint density at radius 3 is 2.63 bits per heavy atom. The summed E-state index contributed by atoms with van der Waals surface area (Å²) in [4.78, 5) is 40.0. The molecular weight excluding hydrogens is 389 g/mol. The van der Waals surface area contributed by atoms with Gasteiger partial charge in [-0.2, -0.15) is 0 Å². The van der Waals surface area contributed by atoms with Gasteiger partial charge in [-0.15, -0.1) is 0 Å². The van der Waals surface area contributed by atoms with E-state index in [1.54, 1.807) is 19.1 Å². The van der Waals surface area contributed by atoms with Crippen molar-refractivity contribution in [3.8, 4) is 0 Å². The Kier molecular flexibility index (Phi) is 5.67. The van der Waals surface area contributed by atoms with E-state index in [0.29, 0.717) is 16.9 Å². The minimum absolute atomic E-state index is 0.0798. The SMILES string of the molecule is Cc1cc(C2CCNCC2)oc(=O)c1C(=O)N1CCNC(=O)C1c1cccc(F)c1. The number of amides is 2. The molecule has 2 aromatic rings. The van der Waals surface area contributed by atoms with Crippen LogP contribution in [-0.2, 0) is 4.79 Å². The van der Waals surface area contributed by atoms with E-state index in [1.165, 1.54) is 23.1 Å². The molecule has 2 amide bonds. The molecule has 2 saturated heterocycles. The minimum atomic E-state index is -1.01. The molecule has 0 spiro atoms. The highest BCUT2D eigenvalue weighted by Crippen LogP contribution is 2.28. The lowest BCUT2D eigenvalue weighted by molar-refractivity contribution is -0.128. The number of hydrogen-bond acceptors (Lipinski definition) is 5. The standard InChI is InChI=1S/C22H24FN3O4/c1-13-11-17(14-5-7-24-8-6-14)30-22(29)18(13)21(28)26-10-9-25-20(27)19(26)15-3-2-4-16(23)12-15/h2-4,11-12,14,19,24H,5-10H2,1H3,(H,25,27). The van der Waals surface area contributed by atoms with Gasteiger partial charge in [0, 0.05) is 19.0 Å². The lowest BCUT2D eigenvalue weighted by atomic mass is 9.93. The van der Waals surface area contributed by atoms with E-state index in [9.17, 15) is 18.8 Å². The first-order valence-corrected chi connectivity index (χ1v) is 10.1. The van der Waals surface area contributed by atoms with Crippen LogP contribution in [0.4, 0.5) is 4.39 Å². The van der Waals surface area contributed by atoms with Crippen molar-refractivity contribution in [3.05, 3.63) is 69.0 Å². The Bertz CT molecular complexity index is 1030. The van der Waals surface area contributed by atoms with Gasteiger partial charge in [-0.25, -0.2) is 9.18 Å². The maximum absolute atomic E-state index is 13.7. The lowest BCUT2D eigenvalue weighted by Crippen LogP contribution is -2.53. The molecule has 0 saturated carbocycles. The van der Waals surface area contributed by atoms with Gasteiger partial charge in [0.15, 0.2) is 0 Å². The topological polar surface area (TPSA) is 91.7 Å². The highest BCUT2D eigenvalue weighted by Gasteiger charge is 2.37. The van der Waals surface area contributed by atoms with Crippen molar-refractivity contribution in [2.75, 3.05) is 26.2 Å². The molecule has 8 heteroatoms. The summed E-state index contributed by atoms with van der Waals surface area (Å²) in [5, 5.41) is 5.97. The second-order valence-electron chi connectivity index (χ2n) is 7.77. The summed E-state index contributed by atoms with van der Waals surface area (Å²) in [5.74, 6) is -0.757. The first-order valence-electron chi connectivity index (χ1n) is 10.1. The van der Waals surface area contributed by atoms with E-state index >= 15 is 0 Å². The van der Waals surface area contributed by atoms with Gasteiger partial charge in [-0.3, -0.25) is 9.59 Å². The van der Waals surface area contributed by atoms with E-state index in [-0.39, 0.29) is 24.6 Å². The third-order valence-electron chi connectivity index (χ3n) is 5.76. The van der Waals surface area contributed by atoms with Crippen molar-refractivity contribution >= 4 is 11.8 Å². The van der Waals surface area contributed by atoms with Gasteiger partial charge < -0.3 is 20.0 Å². The molecule has 0 bridgehead atoms. The summed E-state index contributed by atoms with van der Waals surface area (Å²) < 4.78 is 19.3. The lowest BCUT2D eigenvalue weighted by Gasteiger charge is -2.35. The van der Waals surface area contributed by atoms with Crippen LogP contribution in [-0.4, -0.2) is 42.9 Å². The Hall–Kier alpha value is -3.00. The number of carbonyl (C=O) groups is 2. The Morgan fingerprint density at radius 1 is 1.17 bits per heavy atom. The predicted molar refractivity (Wildman–Crippen MR) is 108 cm³/mol. The fourth-order valence-corrected chi connectivity index (χ4v) is 4.23. The first-order chi connectivity index (χ1) is 14.5. The van der Waals surface area contributed by atoms with Gasteiger partial charge in [-0.1, -0.05) is 12.1 Å². The van der Waals surface area contributed by atoms with Crippen LogP contribution in [0.25, 0.3) is 0 Å². The number of nitrogens with one attached hydrogen (secondary N) is 2. The maximum Gasteiger partial charge on any atom is 0.349 e. The van der Waals surface area contributed by atoms with Gasteiger partial charge in [0.25, 0.3) is 5.91 Å². The summed E-state index contributed by atoms with van der Waals surface area (Å²) in [6.45, 7) is 3.88. The monoisotopic (exact) mass is 413 g/mol. The summed E-state index contributed by atoms with van der Waals surface area (Å²) >= 11 is 0. The molecule has 2 N–H and O–H groups in total. The number of piperazine rings is 1. The van der Waals surface area contributed by atoms with Crippen LogP contribution >= 0.6 is 0 Å². The van der Waals surface area contributed by atoms with Crippen molar-refractivity contribution in [3.63, 3.8) is 0 Å². The quantitative estimate of drug-likeness (QED) is 0.802. The zero-order valence-corrected chi connectivity index (χ0v) is 16.7. The van der Waals surface area contributed by atoms with Crippen molar-refractivity contribution in [2.24, 2.45) is 0 Å². The van der Waals surface area contributed by atoms with Crippen LogP contribution in [0.1, 0.15) is 52.0 Å².